The zero-order valence-corrected chi connectivity index (χ0v) is 20.7. The molecule has 0 saturated carbocycles. The number of aromatic nitrogens is 3. The van der Waals surface area contributed by atoms with Crippen molar-refractivity contribution in [3.05, 3.63) is 64.8 Å². The number of benzene rings is 1. The molecule has 3 N–H and O–H groups in total. The molecule has 3 aromatic rings. The maximum Gasteiger partial charge on any atom is 0.245 e. The summed E-state index contributed by atoms with van der Waals surface area (Å²) in [6.45, 7) is 5.50. The maximum absolute atomic E-state index is 14.2. The maximum atomic E-state index is 14.2. The number of halogens is 2. The number of pyridine rings is 1. The molecular formula is C25H28ClFN8O. The van der Waals surface area contributed by atoms with E-state index < -0.39 is 5.82 Å². The summed E-state index contributed by atoms with van der Waals surface area (Å²) in [5.41, 5.74) is 6.30. The number of hydrogen-bond donors (Lipinski definition) is 3. The standard InChI is InChI=1S/C25H28ClFN8O/c1-16-4-5-28-23(16)17-10-18(26)12-21(11-17)32-20-3-2-19(29-13-20)14-31-34-25-30-15-22(27)24(33-25)35-6-8-36-9-7-35/h2-3,10-16,23,28,32H,4-9H2,1H3,(H,30,33,34)/b31-14+. The van der Waals surface area contributed by atoms with Gasteiger partial charge in [0.1, 0.15) is 0 Å². The summed E-state index contributed by atoms with van der Waals surface area (Å²) in [7, 11) is 0. The molecule has 0 spiro atoms. The van der Waals surface area contributed by atoms with Crippen LogP contribution in [0.4, 0.5) is 27.5 Å². The monoisotopic (exact) mass is 510 g/mol. The van der Waals surface area contributed by atoms with Crippen LogP contribution in [0.25, 0.3) is 0 Å². The molecule has 0 bridgehead atoms. The highest BCUT2D eigenvalue weighted by Crippen LogP contribution is 2.33. The van der Waals surface area contributed by atoms with Gasteiger partial charge < -0.3 is 20.3 Å². The fourth-order valence-electron chi connectivity index (χ4n) is 4.43. The van der Waals surface area contributed by atoms with E-state index >= 15 is 0 Å². The number of anilines is 4. The highest BCUT2D eigenvalue weighted by atomic mass is 35.5. The Bertz CT molecular complexity index is 1220. The Kier molecular flexibility index (Phi) is 7.55. The summed E-state index contributed by atoms with van der Waals surface area (Å²) < 4.78 is 19.5. The van der Waals surface area contributed by atoms with Crippen LogP contribution in [0.2, 0.25) is 5.02 Å². The number of hydrogen-bond acceptors (Lipinski definition) is 9. The zero-order valence-electron chi connectivity index (χ0n) is 19.9. The SMILES string of the molecule is CC1CCNC1c1cc(Cl)cc(Nc2ccc(/C=N/Nc3ncc(F)c(N4CCOCC4)n3)nc2)c1. The van der Waals surface area contributed by atoms with Gasteiger partial charge in [0, 0.05) is 29.8 Å². The minimum atomic E-state index is -0.475. The molecule has 4 heterocycles. The van der Waals surface area contributed by atoms with Gasteiger partial charge in [-0.15, -0.1) is 0 Å². The van der Waals surface area contributed by atoms with Gasteiger partial charge in [0.05, 0.1) is 43.2 Å². The smallest absolute Gasteiger partial charge is 0.245 e. The molecule has 36 heavy (non-hydrogen) atoms. The van der Waals surface area contributed by atoms with Crippen LogP contribution in [0.15, 0.2) is 47.8 Å². The number of morpholine rings is 1. The lowest BCUT2D eigenvalue weighted by Gasteiger charge is -2.27. The van der Waals surface area contributed by atoms with Gasteiger partial charge in [0.25, 0.3) is 0 Å². The van der Waals surface area contributed by atoms with Gasteiger partial charge in [-0.1, -0.05) is 18.5 Å². The van der Waals surface area contributed by atoms with E-state index in [9.17, 15) is 4.39 Å². The third kappa shape index (κ3) is 5.89. The molecule has 11 heteroatoms. The number of nitrogens with one attached hydrogen (secondary N) is 3. The van der Waals surface area contributed by atoms with E-state index in [0.29, 0.717) is 49.0 Å². The summed E-state index contributed by atoms with van der Waals surface area (Å²) in [5.74, 6) is 0.533. The molecule has 0 amide bonds. The van der Waals surface area contributed by atoms with Gasteiger partial charge in [0.15, 0.2) is 11.6 Å². The average molecular weight is 511 g/mol. The fraction of sp³-hybridized carbons (Fsp3) is 0.360. The molecule has 1 aromatic carbocycles. The Labute approximate surface area is 214 Å². The average Bonchev–Trinajstić information content (AvgIpc) is 3.32. The van der Waals surface area contributed by atoms with Crippen molar-refractivity contribution in [1.29, 1.82) is 0 Å². The fourth-order valence-corrected chi connectivity index (χ4v) is 4.68. The Hall–Kier alpha value is -3.34. The highest BCUT2D eigenvalue weighted by Gasteiger charge is 2.24. The van der Waals surface area contributed by atoms with Crippen LogP contribution in [0.1, 0.15) is 30.6 Å². The highest BCUT2D eigenvalue weighted by molar-refractivity contribution is 6.31. The Morgan fingerprint density at radius 1 is 1.17 bits per heavy atom. The third-order valence-electron chi connectivity index (χ3n) is 6.28. The lowest BCUT2D eigenvalue weighted by molar-refractivity contribution is 0.122. The predicted molar refractivity (Wildman–Crippen MR) is 140 cm³/mol. The molecule has 2 aliphatic heterocycles. The molecular weight excluding hydrogens is 483 g/mol. The first-order valence-electron chi connectivity index (χ1n) is 12.0. The van der Waals surface area contributed by atoms with Crippen LogP contribution in [0, 0.1) is 11.7 Å². The first-order chi connectivity index (χ1) is 17.5. The van der Waals surface area contributed by atoms with Crippen LogP contribution in [-0.2, 0) is 4.74 Å². The van der Waals surface area contributed by atoms with Crippen LogP contribution >= 0.6 is 11.6 Å². The number of hydrazone groups is 1. The molecule has 188 valence electrons. The van der Waals surface area contributed by atoms with Crippen LogP contribution < -0.4 is 21.0 Å². The number of nitrogens with zero attached hydrogens (tertiary/aromatic N) is 5. The van der Waals surface area contributed by atoms with Crippen LogP contribution in [0.5, 0.6) is 0 Å². The Morgan fingerprint density at radius 2 is 2.03 bits per heavy atom. The first-order valence-corrected chi connectivity index (χ1v) is 12.3. The minimum absolute atomic E-state index is 0.204. The predicted octanol–water partition coefficient (Wildman–Crippen LogP) is 4.36. The molecule has 2 unspecified atom stereocenters. The van der Waals surface area contributed by atoms with Gasteiger partial charge >= 0.3 is 0 Å². The molecule has 2 aliphatic rings. The van der Waals surface area contributed by atoms with E-state index in [4.69, 9.17) is 16.3 Å². The topological polar surface area (TPSA) is 99.6 Å². The second kappa shape index (κ2) is 11.2. The zero-order chi connectivity index (χ0) is 24.9. The lowest BCUT2D eigenvalue weighted by Crippen LogP contribution is -2.37. The molecule has 5 rings (SSSR count). The van der Waals surface area contributed by atoms with Crippen LogP contribution in [-0.4, -0.2) is 54.0 Å². The van der Waals surface area contributed by atoms with E-state index in [0.717, 1.165) is 30.5 Å². The van der Waals surface area contributed by atoms with E-state index in [1.807, 2.05) is 29.2 Å². The normalized spacial score (nSPS) is 20.1. The quantitative estimate of drug-likeness (QED) is 0.318. The van der Waals surface area contributed by atoms with Crippen LogP contribution in [0.3, 0.4) is 0 Å². The lowest BCUT2D eigenvalue weighted by atomic mass is 9.96. The first kappa shape index (κ1) is 24.4. The summed E-state index contributed by atoms with van der Waals surface area (Å²) in [6, 6.07) is 10.1. The van der Waals surface area contributed by atoms with E-state index in [1.54, 1.807) is 12.4 Å². The van der Waals surface area contributed by atoms with E-state index in [-0.39, 0.29) is 11.8 Å². The molecule has 2 atom stereocenters. The second-order valence-corrected chi connectivity index (χ2v) is 9.34. The van der Waals surface area contributed by atoms with Gasteiger partial charge in [-0.3, -0.25) is 4.98 Å². The van der Waals surface area contributed by atoms with Crippen molar-refractivity contribution in [2.45, 2.75) is 19.4 Å². The summed E-state index contributed by atoms with van der Waals surface area (Å²) in [4.78, 5) is 14.5. The number of rotatable bonds is 7. The summed E-state index contributed by atoms with van der Waals surface area (Å²) in [6.07, 6.45) is 5.57. The molecule has 2 fully saturated rings. The van der Waals surface area contributed by atoms with E-state index in [1.165, 1.54) is 5.56 Å². The van der Waals surface area contributed by atoms with Crippen molar-refractivity contribution >= 4 is 41.0 Å². The Balaban J connectivity index is 1.21. The van der Waals surface area contributed by atoms with Gasteiger partial charge in [-0.05, 0) is 54.8 Å². The van der Waals surface area contributed by atoms with Crippen molar-refractivity contribution in [2.24, 2.45) is 11.0 Å². The second-order valence-electron chi connectivity index (χ2n) is 8.90. The minimum Gasteiger partial charge on any atom is -0.378 e. The molecule has 2 aromatic heterocycles. The third-order valence-corrected chi connectivity index (χ3v) is 6.50. The van der Waals surface area contributed by atoms with Crippen molar-refractivity contribution < 1.29 is 9.13 Å². The largest absolute Gasteiger partial charge is 0.378 e. The molecule has 0 radical (unpaired) electrons. The van der Waals surface area contributed by atoms with Crippen molar-refractivity contribution in [3.8, 4) is 0 Å². The summed E-state index contributed by atoms with van der Waals surface area (Å²) in [5, 5.41) is 11.8. The van der Waals surface area contributed by atoms with Gasteiger partial charge in [-0.2, -0.15) is 10.1 Å². The molecule has 9 nitrogen and oxygen atoms in total. The van der Waals surface area contributed by atoms with Crippen molar-refractivity contribution in [2.75, 3.05) is 48.5 Å². The molecule has 0 aliphatic carbocycles. The van der Waals surface area contributed by atoms with E-state index in [2.05, 4.69) is 49.1 Å². The Morgan fingerprint density at radius 3 is 2.78 bits per heavy atom. The van der Waals surface area contributed by atoms with Gasteiger partial charge in [0.2, 0.25) is 5.95 Å². The van der Waals surface area contributed by atoms with Crippen molar-refractivity contribution in [3.63, 3.8) is 0 Å². The molecule has 2 saturated heterocycles. The number of ether oxygens (including phenoxy) is 1. The van der Waals surface area contributed by atoms with Gasteiger partial charge in [-0.25, -0.2) is 14.8 Å². The van der Waals surface area contributed by atoms with Crippen molar-refractivity contribution in [1.82, 2.24) is 20.3 Å². The summed E-state index contributed by atoms with van der Waals surface area (Å²) >= 11 is 6.39.